The fraction of sp³-hybridized carbons (Fsp3) is 0.462. The summed E-state index contributed by atoms with van der Waals surface area (Å²) in [6.45, 7) is 0.683. The first-order valence-electron chi connectivity index (χ1n) is 6.09. The maximum Gasteiger partial charge on any atom is 0.255 e. The third-order valence-electron chi connectivity index (χ3n) is 3.01. The van der Waals surface area contributed by atoms with Crippen molar-refractivity contribution in [1.82, 2.24) is 4.90 Å². The van der Waals surface area contributed by atoms with Gasteiger partial charge in [-0.25, -0.2) is 8.78 Å². The monoisotopic (exact) mass is 270 g/mol. The lowest BCUT2D eigenvalue weighted by Gasteiger charge is -2.21. The minimum absolute atomic E-state index is 0.122. The van der Waals surface area contributed by atoms with Crippen LogP contribution in [-0.2, 0) is 18.0 Å². The van der Waals surface area contributed by atoms with E-state index >= 15 is 0 Å². The normalized spacial score (nSPS) is 13.7. The van der Waals surface area contributed by atoms with Gasteiger partial charge in [-0.15, -0.1) is 0 Å². The molecule has 0 saturated heterocycles. The lowest BCUT2D eigenvalue weighted by molar-refractivity contribution is 0.0563. The summed E-state index contributed by atoms with van der Waals surface area (Å²) < 4.78 is 30.2. The van der Waals surface area contributed by atoms with E-state index in [2.05, 4.69) is 0 Å². The molecule has 104 valence electrons. The highest BCUT2D eigenvalue weighted by Crippen LogP contribution is 2.21. The van der Waals surface area contributed by atoms with Gasteiger partial charge in [-0.1, -0.05) is 6.07 Å². The molecule has 1 aromatic carbocycles. The molecule has 19 heavy (non-hydrogen) atoms. The molecule has 6 heteroatoms. The topological polar surface area (TPSA) is 55.6 Å². The molecule has 0 bridgehead atoms. The SMILES string of the molecule is NCCN(CC(F)F)C(=O)c1ccc2c(c1)COC2. The summed E-state index contributed by atoms with van der Waals surface area (Å²) >= 11 is 0. The Balaban J connectivity index is 2.16. The van der Waals surface area contributed by atoms with E-state index in [9.17, 15) is 13.6 Å². The van der Waals surface area contributed by atoms with Crippen LogP contribution in [-0.4, -0.2) is 36.9 Å². The molecule has 0 radical (unpaired) electrons. The van der Waals surface area contributed by atoms with Crippen LogP contribution < -0.4 is 5.73 Å². The van der Waals surface area contributed by atoms with Crippen molar-refractivity contribution in [2.75, 3.05) is 19.6 Å². The minimum atomic E-state index is -2.56. The van der Waals surface area contributed by atoms with Crippen LogP contribution in [0, 0.1) is 0 Å². The predicted octanol–water partition coefficient (Wildman–Crippen LogP) is 1.38. The fourth-order valence-electron chi connectivity index (χ4n) is 2.09. The van der Waals surface area contributed by atoms with Gasteiger partial charge in [0, 0.05) is 18.7 Å². The summed E-state index contributed by atoms with van der Waals surface area (Å²) in [6.07, 6.45) is -2.56. The Labute approximate surface area is 110 Å². The summed E-state index contributed by atoms with van der Waals surface area (Å²) in [4.78, 5) is 13.3. The first-order chi connectivity index (χ1) is 9.11. The van der Waals surface area contributed by atoms with Gasteiger partial charge in [0.25, 0.3) is 12.3 Å². The Hall–Kier alpha value is -1.53. The molecule has 0 aromatic heterocycles. The van der Waals surface area contributed by atoms with Crippen molar-refractivity contribution in [2.45, 2.75) is 19.6 Å². The van der Waals surface area contributed by atoms with E-state index in [-0.39, 0.29) is 13.1 Å². The van der Waals surface area contributed by atoms with Gasteiger partial charge in [-0.05, 0) is 23.3 Å². The number of fused-ring (bicyclic) bond motifs is 1. The minimum Gasteiger partial charge on any atom is -0.372 e. The molecular weight excluding hydrogens is 254 g/mol. The molecule has 1 aliphatic rings. The van der Waals surface area contributed by atoms with Gasteiger partial charge in [-0.2, -0.15) is 0 Å². The average molecular weight is 270 g/mol. The number of rotatable bonds is 5. The second-order valence-corrected chi connectivity index (χ2v) is 4.41. The van der Waals surface area contributed by atoms with Gasteiger partial charge >= 0.3 is 0 Å². The van der Waals surface area contributed by atoms with Crippen LogP contribution in [0.15, 0.2) is 18.2 Å². The van der Waals surface area contributed by atoms with E-state index in [4.69, 9.17) is 10.5 Å². The Kier molecular flexibility index (Phi) is 4.44. The highest BCUT2D eigenvalue weighted by Gasteiger charge is 2.21. The molecular formula is C13H16F2N2O2. The lowest BCUT2D eigenvalue weighted by atomic mass is 10.1. The van der Waals surface area contributed by atoms with Crippen LogP contribution in [0.2, 0.25) is 0 Å². The number of halogens is 2. The molecule has 0 atom stereocenters. The van der Waals surface area contributed by atoms with Crippen LogP contribution in [0.4, 0.5) is 8.78 Å². The third kappa shape index (κ3) is 3.27. The molecule has 1 amide bonds. The third-order valence-corrected chi connectivity index (χ3v) is 3.01. The quantitative estimate of drug-likeness (QED) is 0.879. The number of carbonyl (C=O) groups excluding carboxylic acids is 1. The summed E-state index contributed by atoms with van der Waals surface area (Å²) in [5.74, 6) is -0.416. The molecule has 4 nitrogen and oxygen atoms in total. The Morgan fingerprint density at radius 3 is 2.79 bits per heavy atom. The molecule has 0 saturated carbocycles. The van der Waals surface area contributed by atoms with Crippen molar-refractivity contribution in [2.24, 2.45) is 5.73 Å². The van der Waals surface area contributed by atoms with E-state index < -0.39 is 18.9 Å². The second-order valence-electron chi connectivity index (χ2n) is 4.41. The molecule has 0 fully saturated rings. The molecule has 1 aromatic rings. The van der Waals surface area contributed by atoms with Crippen molar-refractivity contribution in [3.05, 3.63) is 34.9 Å². The molecule has 0 unspecified atom stereocenters. The van der Waals surface area contributed by atoms with Gasteiger partial charge in [0.05, 0.1) is 19.8 Å². The Bertz CT molecular complexity index is 466. The molecule has 0 spiro atoms. The number of hydrogen-bond donors (Lipinski definition) is 1. The largest absolute Gasteiger partial charge is 0.372 e. The summed E-state index contributed by atoms with van der Waals surface area (Å²) in [5.41, 5.74) is 7.73. The number of benzene rings is 1. The first kappa shape index (κ1) is 13.9. The molecule has 1 aliphatic heterocycles. The van der Waals surface area contributed by atoms with Crippen molar-refractivity contribution in [1.29, 1.82) is 0 Å². The summed E-state index contributed by atoms with van der Waals surface area (Å²) in [7, 11) is 0. The van der Waals surface area contributed by atoms with Gasteiger partial charge in [0.1, 0.15) is 0 Å². The Morgan fingerprint density at radius 1 is 1.37 bits per heavy atom. The number of carbonyl (C=O) groups is 1. The average Bonchev–Trinajstić information content (AvgIpc) is 2.84. The standard InChI is InChI=1S/C13H16F2N2O2/c14-12(15)6-17(4-3-16)13(18)9-1-2-10-7-19-8-11(10)5-9/h1-2,5,12H,3-4,6-8,16H2. The number of nitrogens with zero attached hydrogens (tertiary/aromatic N) is 1. The molecule has 0 aliphatic carbocycles. The van der Waals surface area contributed by atoms with E-state index in [1.807, 2.05) is 0 Å². The van der Waals surface area contributed by atoms with Crippen molar-refractivity contribution >= 4 is 5.91 Å². The summed E-state index contributed by atoms with van der Waals surface area (Å²) in [6, 6.07) is 5.16. The number of ether oxygens (including phenoxy) is 1. The van der Waals surface area contributed by atoms with Crippen LogP contribution in [0.25, 0.3) is 0 Å². The lowest BCUT2D eigenvalue weighted by Crippen LogP contribution is -2.38. The van der Waals surface area contributed by atoms with Gasteiger partial charge in [0.2, 0.25) is 0 Å². The molecule has 1 heterocycles. The zero-order chi connectivity index (χ0) is 13.8. The van der Waals surface area contributed by atoms with Crippen molar-refractivity contribution < 1.29 is 18.3 Å². The van der Waals surface area contributed by atoms with Crippen LogP contribution >= 0.6 is 0 Å². The number of alkyl halides is 2. The maximum absolute atomic E-state index is 12.4. The van der Waals surface area contributed by atoms with Crippen LogP contribution in [0.3, 0.4) is 0 Å². The summed E-state index contributed by atoms with van der Waals surface area (Å²) in [5, 5.41) is 0. The zero-order valence-electron chi connectivity index (χ0n) is 10.4. The van der Waals surface area contributed by atoms with E-state index in [0.29, 0.717) is 18.8 Å². The number of nitrogens with two attached hydrogens (primary N) is 1. The van der Waals surface area contributed by atoms with Crippen LogP contribution in [0.1, 0.15) is 21.5 Å². The second kappa shape index (κ2) is 6.08. The van der Waals surface area contributed by atoms with E-state index in [1.54, 1.807) is 18.2 Å². The first-order valence-corrected chi connectivity index (χ1v) is 6.09. The highest BCUT2D eigenvalue weighted by atomic mass is 19.3. The zero-order valence-corrected chi connectivity index (χ0v) is 10.4. The van der Waals surface area contributed by atoms with Gasteiger partial charge < -0.3 is 15.4 Å². The van der Waals surface area contributed by atoms with Crippen molar-refractivity contribution in [3.63, 3.8) is 0 Å². The van der Waals surface area contributed by atoms with Gasteiger partial charge in [0.15, 0.2) is 0 Å². The Morgan fingerprint density at radius 2 is 2.11 bits per heavy atom. The smallest absolute Gasteiger partial charge is 0.255 e. The van der Waals surface area contributed by atoms with Crippen LogP contribution in [0.5, 0.6) is 0 Å². The maximum atomic E-state index is 12.4. The van der Waals surface area contributed by atoms with Gasteiger partial charge in [-0.3, -0.25) is 4.79 Å². The fourth-order valence-corrected chi connectivity index (χ4v) is 2.09. The van der Waals surface area contributed by atoms with E-state index in [1.165, 1.54) is 0 Å². The predicted molar refractivity (Wildman–Crippen MR) is 65.9 cm³/mol. The van der Waals surface area contributed by atoms with Crippen molar-refractivity contribution in [3.8, 4) is 0 Å². The number of amides is 1. The van der Waals surface area contributed by atoms with E-state index in [0.717, 1.165) is 16.0 Å². The molecule has 2 N–H and O–H groups in total. The highest BCUT2D eigenvalue weighted by molar-refractivity contribution is 5.94. The molecule has 2 rings (SSSR count). The number of hydrogen-bond acceptors (Lipinski definition) is 3.